The van der Waals surface area contributed by atoms with Gasteiger partial charge >= 0.3 is 0 Å². The molecule has 7 heteroatoms. The smallest absolute Gasteiger partial charge is 0.138 e. The molecule has 6 nitrogen and oxygen atoms in total. The highest BCUT2D eigenvalue weighted by Crippen LogP contribution is 2.46. The standard InChI is InChI=1S/C19H25N5OS/c20-9-19(15-8-21-15)6-5-14-13(7-19)16-17(22-10-23-18(16)26-14)24-11-1-3-12(25)4-2-11/h9-12,15,20-21,25H,1-8H2,(H,22,23,24). The first-order valence-corrected chi connectivity index (χ1v) is 10.4. The second kappa shape index (κ2) is 6.25. The van der Waals surface area contributed by atoms with E-state index < -0.39 is 0 Å². The minimum absolute atomic E-state index is 0.0525. The number of aliphatic hydroxyl groups is 1. The van der Waals surface area contributed by atoms with Crippen LogP contribution >= 0.6 is 11.3 Å². The number of fused-ring (bicyclic) bond motifs is 3. The summed E-state index contributed by atoms with van der Waals surface area (Å²) in [5.74, 6) is 0.943. The number of aromatic nitrogens is 2. The van der Waals surface area contributed by atoms with Crippen LogP contribution in [0.4, 0.5) is 5.82 Å². The van der Waals surface area contributed by atoms with E-state index in [-0.39, 0.29) is 11.5 Å². The fourth-order valence-corrected chi connectivity index (χ4v) is 5.86. The van der Waals surface area contributed by atoms with Crippen LogP contribution < -0.4 is 10.6 Å². The lowest BCUT2D eigenvalue weighted by molar-refractivity contribution is 0.126. The average molecular weight is 372 g/mol. The number of nitrogens with one attached hydrogen (secondary N) is 3. The molecule has 5 rings (SSSR count). The van der Waals surface area contributed by atoms with Crippen molar-refractivity contribution in [2.75, 3.05) is 11.9 Å². The number of thiophene rings is 1. The molecule has 138 valence electrons. The number of rotatable bonds is 4. The van der Waals surface area contributed by atoms with Gasteiger partial charge in [0.1, 0.15) is 17.0 Å². The largest absolute Gasteiger partial charge is 0.393 e. The third kappa shape index (κ3) is 2.73. The van der Waals surface area contributed by atoms with Crippen LogP contribution in [-0.4, -0.2) is 46.0 Å². The van der Waals surface area contributed by atoms with Gasteiger partial charge in [0.2, 0.25) is 0 Å². The summed E-state index contributed by atoms with van der Waals surface area (Å²) in [5.41, 5.74) is 1.30. The van der Waals surface area contributed by atoms with Crippen molar-refractivity contribution in [3.05, 3.63) is 16.8 Å². The van der Waals surface area contributed by atoms with E-state index in [1.807, 2.05) is 0 Å². The number of nitrogens with zero attached hydrogens (tertiary/aromatic N) is 2. The van der Waals surface area contributed by atoms with Gasteiger partial charge in [-0.2, -0.15) is 0 Å². The normalized spacial score (nSPS) is 33.7. The Balaban J connectivity index is 1.50. The highest BCUT2D eigenvalue weighted by molar-refractivity contribution is 7.19. The van der Waals surface area contributed by atoms with Crippen LogP contribution in [0.15, 0.2) is 6.33 Å². The third-order valence-electron chi connectivity index (χ3n) is 6.42. The van der Waals surface area contributed by atoms with Gasteiger partial charge in [0.05, 0.1) is 11.5 Å². The van der Waals surface area contributed by atoms with Crippen molar-refractivity contribution in [3.8, 4) is 0 Å². The molecule has 1 saturated carbocycles. The maximum atomic E-state index is 9.75. The summed E-state index contributed by atoms with van der Waals surface area (Å²) in [5, 5.41) is 26.1. The van der Waals surface area contributed by atoms with Crippen LogP contribution in [0.3, 0.4) is 0 Å². The monoisotopic (exact) mass is 371 g/mol. The minimum atomic E-state index is -0.147. The van der Waals surface area contributed by atoms with Crippen molar-refractivity contribution in [2.24, 2.45) is 5.41 Å². The summed E-state index contributed by atoms with van der Waals surface area (Å²) in [6.07, 6.45) is 9.87. The summed E-state index contributed by atoms with van der Waals surface area (Å²) in [7, 11) is 0. The van der Waals surface area contributed by atoms with Crippen LogP contribution in [0.25, 0.3) is 10.2 Å². The van der Waals surface area contributed by atoms with Gasteiger partial charge in [0, 0.05) is 35.1 Å². The Bertz CT molecular complexity index is 840. The van der Waals surface area contributed by atoms with E-state index in [1.165, 1.54) is 15.8 Å². The Hall–Kier alpha value is -1.57. The maximum absolute atomic E-state index is 9.75. The van der Waals surface area contributed by atoms with E-state index in [1.54, 1.807) is 23.9 Å². The molecule has 0 amide bonds. The molecule has 1 aliphatic heterocycles. The first-order valence-electron chi connectivity index (χ1n) is 9.63. The van der Waals surface area contributed by atoms with Gasteiger partial charge < -0.3 is 21.1 Å². The molecule has 2 aromatic rings. The van der Waals surface area contributed by atoms with Gasteiger partial charge in [-0.05, 0) is 50.5 Å². The summed E-state index contributed by atoms with van der Waals surface area (Å²) in [6.45, 7) is 1.03. The van der Waals surface area contributed by atoms with Gasteiger partial charge in [0.15, 0.2) is 0 Å². The molecule has 3 heterocycles. The van der Waals surface area contributed by atoms with Crippen molar-refractivity contribution in [3.63, 3.8) is 0 Å². The van der Waals surface area contributed by atoms with Crippen molar-refractivity contribution < 1.29 is 5.11 Å². The summed E-state index contributed by atoms with van der Waals surface area (Å²) >= 11 is 1.79. The van der Waals surface area contributed by atoms with Crippen LogP contribution in [0.5, 0.6) is 0 Å². The predicted octanol–water partition coefficient (Wildman–Crippen LogP) is 2.50. The van der Waals surface area contributed by atoms with Crippen molar-refractivity contribution >= 4 is 33.6 Å². The van der Waals surface area contributed by atoms with Crippen molar-refractivity contribution in [2.45, 2.75) is 63.1 Å². The third-order valence-corrected chi connectivity index (χ3v) is 7.62. The lowest BCUT2D eigenvalue weighted by atomic mass is 9.71. The lowest BCUT2D eigenvalue weighted by Crippen LogP contribution is -2.36. The highest BCUT2D eigenvalue weighted by atomic mass is 32.1. The number of anilines is 1. The zero-order chi connectivity index (χ0) is 17.7. The quantitative estimate of drug-likeness (QED) is 0.488. The van der Waals surface area contributed by atoms with Gasteiger partial charge in [-0.3, -0.25) is 0 Å². The fourth-order valence-electron chi connectivity index (χ4n) is 4.70. The molecule has 2 aromatic heterocycles. The Morgan fingerprint density at radius 3 is 2.85 bits per heavy atom. The van der Waals surface area contributed by atoms with E-state index in [9.17, 15) is 5.11 Å². The molecule has 2 aliphatic carbocycles. The second-order valence-corrected chi connectivity index (χ2v) is 9.15. The summed E-state index contributed by atoms with van der Waals surface area (Å²) in [4.78, 5) is 11.6. The molecule has 3 aliphatic rings. The zero-order valence-electron chi connectivity index (χ0n) is 14.8. The number of aliphatic hydroxyl groups excluding tert-OH is 1. The number of aryl methyl sites for hydroxylation is 1. The van der Waals surface area contributed by atoms with Gasteiger partial charge in [0.25, 0.3) is 0 Å². The maximum Gasteiger partial charge on any atom is 0.138 e. The minimum Gasteiger partial charge on any atom is -0.393 e. The van der Waals surface area contributed by atoms with Gasteiger partial charge in [-0.25, -0.2) is 9.97 Å². The van der Waals surface area contributed by atoms with E-state index >= 15 is 0 Å². The molecular weight excluding hydrogens is 346 g/mol. The highest BCUT2D eigenvalue weighted by Gasteiger charge is 2.46. The first kappa shape index (κ1) is 16.6. The van der Waals surface area contributed by atoms with Gasteiger partial charge in [-0.15, -0.1) is 11.3 Å². The molecule has 4 N–H and O–H groups in total. The van der Waals surface area contributed by atoms with Crippen LogP contribution in [0.1, 0.15) is 42.5 Å². The van der Waals surface area contributed by atoms with Crippen LogP contribution in [0, 0.1) is 10.8 Å². The van der Waals surface area contributed by atoms with Gasteiger partial charge in [-0.1, -0.05) is 0 Å². The van der Waals surface area contributed by atoms with Crippen molar-refractivity contribution in [1.82, 2.24) is 15.3 Å². The molecule has 2 unspecified atom stereocenters. The molecule has 0 bridgehead atoms. The van der Waals surface area contributed by atoms with Crippen LogP contribution in [0.2, 0.25) is 0 Å². The van der Waals surface area contributed by atoms with E-state index in [4.69, 9.17) is 5.41 Å². The Morgan fingerprint density at radius 1 is 1.31 bits per heavy atom. The van der Waals surface area contributed by atoms with E-state index in [2.05, 4.69) is 20.6 Å². The Labute approximate surface area is 156 Å². The molecule has 2 atom stereocenters. The van der Waals surface area contributed by atoms with Crippen LogP contribution in [-0.2, 0) is 12.8 Å². The predicted molar refractivity (Wildman–Crippen MR) is 104 cm³/mol. The molecule has 26 heavy (non-hydrogen) atoms. The molecule has 0 radical (unpaired) electrons. The first-order chi connectivity index (χ1) is 12.7. The Kier molecular flexibility index (Phi) is 3.99. The van der Waals surface area contributed by atoms with E-state index in [0.29, 0.717) is 12.1 Å². The lowest BCUT2D eigenvalue weighted by Gasteiger charge is -2.33. The van der Waals surface area contributed by atoms with E-state index in [0.717, 1.165) is 62.1 Å². The van der Waals surface area contributed by atoms with Crippen molar-refractivity contribution in [1.29, 1.82) is 5.41 Å². The fraction of sp³-hybridized carbons (Fsp3) is 0.632. The summed E-state index contributed by atoms with van der Waals surface area (Å²) < 4.78 is 0. The molecule has 1 saturated heterocycles. The number of hydrogen-bond acceptors (Lipinski definition) is 7. The summed E-state index contributed by atoms with van der Waals surface area (Å²) in [6, 6.07) is 0.817. The Morgan fingerprint density at radius 2 is 2.12 bits per heavy atom. The molecule has 0 aromatic carbocycles. The average Bonchev–Trinajstić information content (AvgIpc) is 3.45. The number of hydrogen-bond donors (Lipinski definition) is 4. The molecule has 2 fully saturated rings. The zero-order valence-corrected chi connectivity index (χ0v) is 15.6. The molecule has 0 spiro atoms. The SMILES string of the molecule is N=CC1(C2CN2)CCc2sc3ncnc(NC4CCC(O)CC4)c3c2C1. The topological polar surface area (TPSA) is 104 Å². The molecular formula is C19H25N5OS. The second-order valence-electron chi connectivity index (χ2n) is 8.07.